The van der Waals surface area contributed by atoms with Crippen LogP contribution in [0.1, 0.15) is 12.0 Å². The molecule has 2 N–H and O–H groups in total. The Morgan fingerprint density at radius 1 is 1.24 bits per heavy atom. The van der Waals surface area contributed by atoms with Crippen LogP contribution in [0.5, 0.6) is 0 Å². The maximum Gasteiger partial charge on any atom is 0.225 e. The lowest BCUT2D eigenvalue weighted by Gasteiger charge is -2.26. The fourth-order valence-electron chi connectivity index (χ4n) is 2.31. The topological polar surface area (TPSA) is 53.6 Å². The Hall–Kier alpha value is -1.43. The van der Waals surface area contributed by atoms with Crippen LogP contribution in [0.4, 0.5) is 5.69 Å². The molecule has 5 heteroatoms. The minimum atomic E-state index is 0.0585. The predicted molar refractivity (Wildman–Crippen MR) is 84.6 cm³/mol. The molecule has 0 spiro atoms. The minimum absolute atomic E-state index is 0.0585. The molecule has 0 bridgehead atoms. The van der Waals surface area contributed by atoms with Gasteiger partial charge in [-0.2, -0.15) is 0 Å². The van der Waals surface area contributed by atoms with Crippen LogP contribution in [0, 0.1) is 6.92 Å². The van der Waals surface area contributed by atoms with Crippen molar-refractivity contribution in [2.75, 3.05) is 51.3 Å². The van der Waals surface area contributed by atoms with Crippen molar-refractivity contribution < 1.29 is 9.53 Å². The molecule has 116 valence electrons. The molecule has 1 fully saturated rings. The third-order valence-electron chi connectivity index (χ3n) is 3.66. The van der Waals surface area contributed by atoms with Crippen LogP contribution in [-0.4, -0.2) is 56.7 Å². The first-order valence-electron chi connectivity index (χ1n) is 7.62. The molecule has 0 saturated carbocycles. The minimum Gasteiger partial charge on any atom is -0.379 e. The summed E-state index contributed by atoms with van der Waals surface area (Å²) in [4.78, 5) is 14.2. The number of morpholine rings is 1. The Morgan fingerprint density at radius 2 is 2.00 bits per heavy atom. The second kappa shape index (κ2) is 8.77. The zero-order chi connectivity index (χ0) is 14.9. The Morgan fingerprint density at radius 3 is 2.76 bits per heavy atom. The van der Waals surface area contributed by atoms with Crippen molar-refractivity contribution in [1.82, 2.24) is 10.2 Å². The summed E-state index contributed by atoms with van der Waals surface area (Å²) in [6, 6.07) is 7.83. The van der Waals surface area contributed by atoms with Crippen molar-refractivity contribution >= 4 is 11.6 Å². The number of aryl methyl sites for hydroxylation is 1. The molecule has 1 aromatic rings. The fraction of sp³-hybridized carbons (Fsp3) is 0.562. The number of ether oxygens (including phenoxy) is 1. The lowest BCUT2D eigenvalue weighted by atomic mass is 10.2. The van der Waals surface area contributed by atoms with E-state index >= 15 is 0 Å². The molecule has 0 aromatic heterocycles. The molecule has 0 unspecified atom stereocenters. The van der Waals surface area contributed by atoms with Crippen LogP contribution < -0.4 is 10.6 Å². The summed E-state index contributed by atoms with van der Waals surface area (Å²) in [5, 5.41) is 6.27. The monoisotopic (exact) mass is 291 g/mol. The number of nitrogens with one attached hydrogen (secondary N) is 2. The van der Waals surface area contributed by atoms with E-state index in [1.165, 1.54) is 0 Å². The van der Waals surface area contributed by atoms with Crippen molar-refractivity contribution in [3.63, 3.8) is 0 Å². The van der Waals surface area contributed by atoms with Gasteiger partial charge in [-0.3, -0.25) is 9.69 Å². The van der Waals surface area contributed by atoms with Crippen molar-refractivity contribution in [3.8, 4) is 0 Å². The highest BCUT2D eigenvalue weighted by atomic mass is 16.5. The summed E-state index contributed by atoms with van der Waals surface area (Å²) >= 11 is 0. The second-order valence-electron chi connectivity index (χ2n) is 5.32. The highest BCUT2D eigenvalue weighted by molar-refractivity contribution is 5.91. The van der Waals surface area contributed by atoms with Gasteiger partial charge in [0.1, 0.15) is 0 Å². The van der Waals surface area contributed by atoms with Gasteiger partial charge in [-0.1, -0.05) is 18.2 Å². The van der Waals surface area contributed by atoms with Crippen LogP contribution in [0.25, 0.3) is 0 Å². The van der Waals surface area contributed by atoms with Crippen LogP contribution in [0.2, 0.25) is 0 Å². The van der Waals surface area contributed by atoms with Gasteiger partial charge in [0.15, 0.2) is 0 Å². The van der Waals surface area contributed by atoms with Crippen molar-refractivity contribution in [2.45, 2.75) is 13.3 Å². The second-order valence-corrected chi connectivity index (χ2v) is 5.32. The molecule has 1 aromatic carbocycles. The number of carbonyl (C=O) groups is 1. The number of hydrogen-bond acceptors (Lipinski definition) is 4. The lowest BCUT2D eigenvalue weighted by molar-refractivity contribution is -0.116. The van der Waals surface area contributed by atoms with E-state index in [2.05, 4.69) is 15.5 Å². The maximum atomic E-state index is 11.9. The average Bonchev–Trinajstić information content (AvgIpc) is 2.50. The summed E-state index contributed by atoms with van der Waals surface area (Å²) < 4.78 is 5.31. The first kappa shape index (κ1) is 15.9. The number of hydrogen-bond donors (Lipinski definition) is 2. The van der Waals surface area contributed by atoms with Gasteiger partial charge in [-0.05, 0) is 18.6 Å². The van der Waals surface area contributed by atoms with Gasteiger partial charge in [0.2, 0.25) is 5.91 Å². The molecular weight excluding hydrogens is 266 g/mol. The number of amides is 1. The van der Waals surface area contributed by atoms with Crippen LogP contribution >= 0.6 is 0 Å². The molecule has 1 aliphatic heterocycles. The lowest BCUT2D eigenvalue weighted by Crippen LogP contribution is -2.40. The van der Waals surface area contributed by atoms with Gasteiger partial charge in [0, 0.05) is 44.8 Å². The summed E-state index contributed by atoms with van der Waals surface area (Å²) in [5.74, 6) is 0.0585. The summed E-state index contributed by atoms with van der Waals surface area (Å²) in [5.41, 5.74) is 1.99. The van der Waals surface area contributed by atoms with E-state index in [1.807, 2.05) is 31.2 Å². The van der Waals surface area contributed by atoms with E-state index in [1.54, 1.807) is 0 Å². The Bertz CT molecular complexity index is 445. The summed E-state index contributed by atoms with van der Waals surface area (Å²) in [6.45, 7) is 8.32. The van der Waals surface area contributed by atoms with Crippen LogP contribution in [0.15, 0.2) is 24.3 Å². The molecule has 1 aliphatic rings. The number of anilines is 1. The Kier molecular flexibility index (Phi) is 6.66. The molecule has 0 atom stereocenters. The molecule has 1 saturated heterocycles. The van der Waals surface area contributed by atoms with Gasteiger partial charge in [-0.25, -0.2) is 0 Å². The molecule has 0 aliphatic carbocycles. The third kappa shape index (κ3) is 5.83. The van der Waals surface area contributed by atoms with E-state index in [9.17, 15) is 4.79 Å². The Labute approximate surface area is 126 Å². The highest BCUT2D eigenvalue weighted by Crippen LogP contribution is 2.12. The van der Waals surface area contributed by atoms with Gasteiger partial charge in [0.25, 0.3) is 0 Å². The van der Waals surface area contributed by atoms with E-state index in [0.29, 0.717) is 13.0 Å². The molecule has 0 radical (unpaired) electrons. The molecule has 5 nitrogen and oxygen atoms in total. The van der Waals surface area contributed by atoms with Crippen LogP contribution in [0.3, 0.4) is 0 Å². The average molecular weight is 291 g/mol. The first-order chi connectivity index (χ1) is 10.3. The standard InChI is InChI=1S/C16H25N3O2/c1-14-4-2-3-5-15(14)18-16(20)6-7-17-8-9-19-10-12-21-13-11-19/h2-5,17H,6-13H2,1H3,(H,18,20). The van der Waals surface area contributed by atoms with Gasteiger partial charge < -0.3 is 15.4 Å². The van der Waals surface area contributed by atoms with Crippen molar-refractivity contribution in [2.24, 2.45) is 0 Å². The number of nitrogens with zero attached hydrogens (tertiary/aromatic N) is 1. The summed E-state index contributed by atoms with van der Waals surface area (Å²) in [6.07, 6.45) is 0.497. The Balaban J connectivity index is 1.56. The number of para-hydroxylation sites is 1. The normalized spacial score (nSPS) is 15.9. The molecular formula is C16H25N3O2. The third-order valence-corrected chi connectivity index (χ3v) is 3.66. The van der Waals surface area contributed by atoms with Gasteiger partial charge in [0.05, 0.1) is 13.2 Å². The zero-order valence-electron chi connectivity index (χ0n) is 12.7. The van der Waals surface area contributed by atoms with Crippen molar-refractivity contribution in [1.29, 1.82) is 0 Å². The largest absolute Gasteiger partial charge is 0.379 e. The van der Waals surface area contributed by atoms with Crippen LogP contribution in [-0.2, 0) is 9.53 Å². The van der Waals surface area contributed by atoms with Crippen molar-refractivity contribution in [3.05, 3.63) is 29.8 Å². The van der Waals surface area contributed by atoms with Gasteiger partial charge >= 0.3 is 0 Å². The summed E-state index contributed by atoms with van der Waals surface area (Å²) in [7, 11) is 0. The van der Waals surface area contributed by atoms with E-state index < -0.39 is 0 Å². The molecule has 2 rings (SSSR count). The predicted octanol–water partition coefficient (Wildman–Crippen LogP) is 1.25. The number of benzene rings is 1. The smallest absolute Gasteiger partial charge is 0.225 e. The maximum absolute atomic E-state index is 11.9. The highest BCUT2D eigenvalue weighted by Gasteiger charge is 2.09. The first-order valence-corrected chi connectivity index (χ1v) is 7.62. The van der Waals surface area contributed by atoms with Gasteiger partial charge in [-0.15, -0.1) is 0 Å². The molecule has 1 amide bonds. The van der Waals surface area contributed by atoms with E-state index in [4.69, 9.17) is 4.74 Å². The SMILES string of the molecule is Cc1ccccc1NC(=O)CCNCCN1CCOCC1. The molecule has 1 heterocycles. The quantitative estimate of drug-likeness (QED) is 0.742. The molecule has 21 heavy (non-hydrogen) atoms. The van der Waals surface area contributed by atoms with E-state index in [-0.39, 0.29) is 5.91 Å². The number of carbonyl (C=O) groups excluding carboxylic acids is 1. The zero-order valence-corrected chi connectivity index (χ0v) is 12.7. The number of rotatable bonds is 7. The fourth-order valence-corrected chi connectivity index (χ4v) is 2.31. The van der Waals surface area contributed by atoms with E-state index in [0.717, 1.165) is 50.6 Å².